The van der Waals surface area contributed by atoms with E-state index in [2.05, 4.69) is 20.3 Å². The van der Waals surface area contributed by atoms with Gasteiger partial charge in [-0.05, 0) is 55.0 Å². The van der Waals surface area contributed by atoms with Gasteiger partial charge in [0.2, 0.25) is 0 Å². The summed E-state index contributed by atoms with van der Waals surface area (Å²) in [4.78, 5) is 27.8. The van der Waals surface area contributed by atoms with Crippen molar-refractivity contribution in [3.8, 4) is 11.4 Å². The number of anilines is 3. The summed E-state index contributed by atoms with van der Waals surface area (Å²) in [5.74, 6) is -2.18. The lowest BCUT2D eigenvalue weighted by Gasteiger charge is -2.24. The first-order valence-electron chi connectivity index (χ1n) is 12.9. The van der Waals surface area contributed by atoms with Crippen LogP contribution in [-0.2, 0) is 30.0 Å². The molecule has 2 N–H and O–H groups in total. The number of halogens is 9. The third-order valence-electron chi connectivity index (χ3n) is 6.39. The number of nitrogens with one attached hydrogen (secondary N) is 1. The molecule has 0 bridgehead atoms. The van der Waals surface area contributed by atoms with Crippen LogP contribution in [0.25, 0.3) is 11.4 Å². The number of pyridine rings is 2. The monoisotopic (exact) mass is 644 g/mol. The summed E-state index contributed by atoms with van der Waals surface area (Å²) >= 11 is 0. The minimum absolute atomic E-state index is 0.160. The summed E-state index contributed by atoms with van der Waals surface area (Å²) in [7, 11) is 0. The van der Waals surface area contributed by atoms with Gasteiger partial charge < -0.3 is 15.3 Å². The highest BCUT2D eigenvalue weighted by atomic mass is 19.4. The summed E-state index contributed by atoms with van der Waals surface area (Å²) in [6.07, 6.45) is -9.03. The number of rotatable bonds is 4. The fraction of sp³-hybridized carbons (Fsp3) is 0.250. The van der Waals surface area contributed by atoms with E-state index in [0.717, 1.165) is 18.2 Å². The Labute approximate surface area is 248 Å². The number of aromatic nitrogens is 4. The van der Waals surface area contributed by atoms with Gasteiger partial charge >= 0.3 is 24.5 Å². The highest BCUT2D eigenvalue weighted by molar-refractivity contribution is 5.73. The molecule has 17 heteroatoms. The number of fused-ring (bicyclic) bond motifs is 1. The Morgan fingerprint density at radius 1 is 0.800 bits per heavy atom. The van der Waals surface area contributed by atoms with Crippen molar-refractivity contribution in [2.75, 3.05) is 23.3 Å². The lowest BCUT2D eigenvalue weighted by molar-refractivity contribution is -0.192. The summed E-state index contributed by atoms with van der Waals surface area (Å²) in [6, 6.07) is 10.2. The molecule has 0 spiro atoms. The van der Waals surface area contributed by atoms with Gasteiger partial charge in [0.25, 0.3) is 0 Å². The van der Waals surface area contributed by atoms with E-state index in [1.54, 1.807) is 29.4 Å². The number of carboxylic acid groups (broad SMARTS) is 1. The molecule has 0 fully saturated rings. The molecule has 238 valence electrons. The second-order valence-corrected chi connectivity index (χ2v) is 9.42. The molecule has 0 saturated heterocycles. The molecule has 0 radical (unpaired) electrons. The Kier molecular flexibility index (Phi) is 9.48. The number of benzene rings is 1. The zero-order chi connectivity index (χ0) is 33.0. The maximum absolute atomic E-state index is 13.6. The summed E-state index contributed by atoms with van der Waals surface area (Å²) in [5.41, 5.74) is 0.752. The van der Waals surface area contributed by atoms with Gasteiger partial charge in [-0.25, -0.2) is 19.7 Å². The van der Waals surface area contributed by atoms with Crippen LogP contribution in [0.3, 0.4) is 0 Å². The molecule has 5 rings (SSSR count). The fourth-order valence-electron chi connectivity index (χ4n) is 4.29. The van der Waals surface area contributed by atoms with E-state index in [9.17, 15) is 39.5 Å². The van der Waals surface area contributed by atoms with Crippen LogP contribution in [-0.4, -0.2) is 50.3 Å². The minimum Gasteiger partial charge on any atom is -0.475 e. The highest BCUT2D eigenvalue weighted by Gasteiger charge is 2.38. The standard InChI is InChI=1S/C26H20F6N6.C2HF3O2/c27-25(28,29)17-3-5-18(6-4-17)35-23-19-9-14-38(24-20(26(30,31)32)2-1-11-34-24)15-10-21(19)36-22(37-23)16-7-12-33-13-8-16;3-2(4,5)1(6)7/h1-8,11-13H,9-10,14-15H2,(H,35,36,37);(H,6,7). The fourth-order valence-corrected chi connectivity index (χ4v) is 4.29. The molecule has 4 heterocycles. The van der Waals surface area contributed by atoms with Gasteiger partial charge in [0.15, 0.2) is 5.82 Å². The molecule has 45 heavy (non-hydrogen) atoms. The number of nitrogens with zero attached hydrogens (tertiary/aromatic N) is 5. The maximum Gasteiger partial charge on any atom is 0.490 e. The van der Waals surface area contributed by atoms with Crippen molar-refractivity contribution in [3.05, 3.63) is 89.5 Å². The smallest absolute Gasteiger partial charge is 0.475 e. The van der Waals surface area contributed by atoms with Crippen molar-refractivity contribution in [1.82, 2.24) is 19.9 Å². The summed E-state index contributed by atoms with van der Waals surface area (Å²) in [6.45, 7) is 0.451. The van der Waals surface area contributed by atoms with Crippen LogP contribution in [0.15, 0.2) is 67.1 Å². The van der Waals surface area contributed by atoms with E-state index in [1.165, 1.54) is 24.4 Å². The zero-order valence-electron chi connectivity index (χ0n) is 22.7. The molecule has 0 aliphatic carbocycles. The third kappa shape index (κ3) is 8.36. The van der Waals surface area contributed by atoms with Crippen molar-refractivity contribution in [2.24, 2.45) is 0 Å². The average Bonchev–Trinajstić information content (AvgIpc) is 3.20. The van der Waals surface area contributed by atoms with Crippen molar-refractivity contribution in [1.29, 1.82) is 0 Å². The molecule has 0 unspecified atom stereocenters. The van der Waals surface area contributed by atoms with Crippen molar-refractivity contribution >= 4 is 23.3 Å². The van der Waals surface area contributed by atoms with Gasteiger partial charge in [-0.1, -0.05) is 0 Å². The number of hydrogen-bond acceptors (Lipinski definition) is 7. The highest BCUT2D eigenvalue weighted by Crippen LogP contribution is 2.37. The molecule has 1 aromatic carbocycles. The lowest BCUT2D eigenvalue weighted by Crippen LogP contribution is -2.29. The molecule has 0 atom stereocenters. The first-order valence-corrected chi connectivity index (χ1v) is 12.9. The zero-order valence-corrected chi connectivity index (χ0v) is 22.7. The second kappa shape index (κ2) is 13.0. The van der Waals surface area contributed by atoms with Crippen LogP contribution < -0.4 is 10.2 Å². The van der Waals surface area contributed by atoms with E-state index < -0.39 is 35.6 Å². The Bertz CT molecular complexity index is 1630. The van der Waals surface area contributed by atoms with Crippen LogP contribution in [0.4, 0.5) is 56.8 Å². The van der Waals surface area contributed by atoms with Gasteiger partial charge in [0, 0.05) is 54.9 Å². The molecular weight excluding hydrogens is 623 g/mol. The summed E-state index contributed by atoms with van der Waals surface area (Å²) in [5, 5.41) is 10.2. The average molecular weight is 644 g/mol. The van der Waals surface area contributed by atoms with Crippen molar-refractivity contribution in [3.63, 3.8) is 0 Å². The van der Waals surface area contributed by atoms with E-state index in [1.807, 2.05) is 0 Å². The van der Waals surface area contributed by atoms with Crippen LogP contribution in [0.2, 0.25) is 0 Å². The maximum atomic E-state index is 13.6. The molecule has 8 nitrogen and oxygen atoms in total. The van der Waals surface area contributed by atoms with Gasteiger partial charge in [0.05, 0.1) is 16.8 Å². The van der Waals surface area contributed by atoms with Crippen molar-refractivity contribution < 1.29 is 49.4 Å². The lowest BCUT2D eigenvalue weighted by atomic mass is 10.1. The SMILES string of the molecule is FC(F)(F)c1ccc(Nc2nc(-c3ccncc3)nc3c2CCN(c2ncccc2C(F)(F)F)CC3)cc1.O=C(O)C(F)(F)F. The Morgan fingerprint density at radius 2 is 1.42 bits per heavy atom. The van der Waals surface area contributed by atoms with Crippen molar-refractivity contribution in [2.45, 2.75) is 31.4 Å². The van der Waals surface area contributed by atoms with Crippen LogP contribution in [0.5, 0.6) is 0 Å². The molecule has 3 aromatic heterocycles. The normalized spacial score (nSPS) is 13.7. The Balaban J connectivity index is 0.000000591. The largest absolute Gasteiger partial charge is 0.490 e. The minimum atomic E-state index is -5.08. The first kappa shape index (κ1) is 32.9. The van der Waals surface area contributed by atoms with Gasteiger partial charge in [-0.15, -0.1) is 0 Å². The number of alkyl halides is 9. The molecule has 1 aliphatic heterocycles. The predicted molar refractivity (Wildman–Crippen MR) is 143 cm³/mol. The van der Waals surface area contributed by atoms with Crippen LogP contribution in [0.1, 0.15) is 22.4 Å². The van der Waals surface area contributed by atoms with E-state index in [4.69, 9.17) is 14.9 Å². The predicted octanol–water partition coefficient (Wildman–Crippen LogP) is 6.95. The molecule has 0 amide bonds. The second-order valence-electron chi connectivity index (χ2n) is 9.42. The van der Waals surface area contributed by atoms with Gasteiger partial charge in [0.1, 0.15) is 11.6 Å². The Morgan fingerprint density at radius 3 is 2.00 bits per heavy atom. The van der Waals surface area contributed by atoms with E-state index >= 15 is 0 Å². The molecule has 4 aromatic rings. The van der Waals surface area contributed by atoms with Crippen LogP contribution in [0, 0.1) is 0 Å². The number of hydrogen-bond donors (Lipinski definition) is 2. The van der Waals surface area contributed by atoms with E-state index in [0.29, 0.717) is 47.0 Å². The molecule has 0 saturated carbocycles. The third-order valence-corrected chi connectivity index (χ3v) is 6.39. The van der Waals surface area contributed by atoms with Crippen LogP contribution >= 0.6 is 0 Å². The topological polar surface area (TPSA) is 104 Å². The Hall–Kier alpha value is -4.96. The number of carbonyl (C=O) groups is 1. The number of aliphatic carboxylic acids is 1. The van der Waals surface area contributed by atoms with Gasteiger partial charge in [-0.2, -0.15) is 39.5 Å². The van der Waals surface area contributed by atoms with Gasteiger partial charge in [-0.3, -0.25) is 4.98 Å². The first-order chi connectivity index (χ1) is 21.0. The quantitative estimate of drug-likeness (QED) is 0.230. The molecular formula is C28H21F9N6O2. The van der Waals surface area contributed by atoms with E-state index in [-0.39, 0.29) is 18.9 Å². The summed E-state index contributed by atoms with van der Waals surface area (Å²) < 4.78 is 112. The molecule has 1 aliphatic rings. The number of carboxylic acids is 1.